The molecule has 2 atom stereocenters. The van der Waals surface area contributed by atoms with E-state index in [1.165, 1.54) is 0 Å². The molecule has 4 nitrogen and oxygen atoms in total. The van der Waals surface area contributed by atoms with Gasteiger partial charge in [0.05, 0.1) is 5.70 Å². The Morgan fingerprint density at radius 1 is 0.833 bits per heavy atom. The number of carbonyl (C=O) groups excluding carboxylic acids is 2. The Hall–Kier alpha value is -3.76. The van der Waals surface area contributed by atoms with Crippen LogP contribution in [0.25, 0.3) is 11.3 Å². The van der Waals surface area contributed by atoms with Crippen molar-refractivity contribution in [3.05, 3.63) is 118 Å². The van der Waals surface area contributed by atoms with Crippen molar-refractivity contribution in [3.63, 3.8) is 0 Å². The zero-order valence-corrected chi connectivity index (χ0v) is 15.9. The smallest absolute Gasteiger partial charge is 0.260 e. The number of amides is 1. The molecule has 0 unspecified atom stereocenters. The molecule has 30 heavy (non-hydrogen) atoms. The third-order valence-electron chi connectivity index (χ3n) is 6.48. The molecule has 3 aromatic rings. The Labute approximate surface area is 173 Å². The highest BCUT2D eigenvalue weighted by atomic mass is 16.3. The van der Waals surface area contributed by atoms with E-state index in [2.05, 4.69) is 0 Å². The van der Waals surface area contributed by atoms with E-state index in [4.69, 9.17) is 0 Å². The molecule has 2 aliphatic heterocycles. The van der Waals surface area contributed by atoms with E-state index in [0.29, 0.717) is 11.1 Å². The lowest BCUT2D eigenvalue weighted by Crippen LogP contribution is -2.49. The fourth-order valence-corrected chi connectivity index (χ4v) is 5.20. The van der Waals surface area contributed by atoms with Crippen molar-refractivity contribution in [2.24, 2.45) is 0 Å². The molecule has 0 aromatic heterocycles. The fourth-order valence-electron chi connectivity index (χ4n) is 5.20. The molecule has 0 saturated heterocycles. The molecule has 1 aliphatic carbocycles. The van der Waals surface area contributed by atoms with Gasteiger partial charge >= 0.3 is 0 Å². The first-order chi connectivity index (χ1) is 14.7. The molecule has 0 spiro atoms. The molecule has 1 N–H and O–H groups in total. The van der Waals surface area contributed by atoms with Gasteiger partial charge in [-0.15, -0.1) is 0 Å². The lowest BCUT2D eigenvalue weighted by atomic mass is 9.77. The molecule has 0 radical (unpaired) electrons. The molecule has 0 fully saturated rings. The maximum absolute atomic E-state index is 13.7. The summed E-state index contributed by atoms with van der Waals surface area (Å²) in [6, 6.07) is 22.4. The average molecular weight is 391 g/mol. The van der Waals surface area contributed by atoms with E-state index in [9.17, 15) is 14.7 Å². The van der Waals surface area contributed by atoms with Crippen LogP contribution in [-0.2, 0) is 5.54 Å². The summed E-state index contributed by atoms with van der Waals surface area (Å²) in [7, 11) is 0. The van der Waals surface area contributed by atoms with Crippen LogP contribution in [0.5, 0.6) is 0 Å². The standard InChI is InChI=1S/C26H17NO3/c28-15-16-9-11-17(12-10-16)26-22(18-5-1-3-7-20(18)24(26)29)13-14-23-19-6-2-4-8-21(19)25(30)27(23)26/h1-15,24,29H/t24-,26-/m1/s1. The summed E-state index contributed by atoms with van der Waals surface area (Å²) in [4.78, 5) is 26.6. The van der Waals surface area contributed by atoms with Crippen molar-refractivity contribution in [3.8, 4) is 0 Å². The Bertz CT molecular complexity index is 1300. The van der Waals surface area contributed by atoms with Crippen LogP contribution in [0.1, 0.15) is 49.1 Å². The van der Waals surface area contributed by atoms with E-state index in [0.717, 1.165) is 39.8 Å². The van der Waals surface area contributed by atoms with Crippen molar-refractivity contribution < 1.29 is 14.7 Å². The normalized spacial score (nSPS) is 23.2. The van der Waals surface area contributed by atoms with Crippen molar-refractivity contribution in [2.45, 2.75) is 11.6 Å². The van der Waals surface area contributed by atoms with Gasteiger partial charge in [0.15, 0.2) is 0 Å². The molecule has 144 valence electrons. The van der Waals surface area contributed by atoms with Crippen molar-refractivity contribution >= 4 is 23.5 Å². The van der Waals surface area contributed by atoms with E-state index >= 15 is 0 Å². The highest BCUT2D eigenvalue weighted by Gasteiger charge is 2.60. The number of hydrogen-bond donors (Lipinski definition) is 1. The topological polar surface area (TPSA) is 57.6 Å². The Balaban J connectivity index is 1.68. The van der Waals surface area contributed by atoms with Crippen molar-refractivity contribution in [1.29, 1.82) is 0 Å². The number of fused-ring (bicyclic) bond motifs is 7. The first-order valence-corrected chi connectivity index (χ1v) is 9.87. The van der Waals surface area contributed by atoms with Gasteiger partial charge in [-0.1, -0.05) is 72.8 Å². The Morgan fingerprint density at radius 2 is 1.50 bits per heavy atom. The second kappa shape index (κ2) is 5.88. The second-order valence-corrected chi connectivity index (χ2v) is 7.81. The molecular formula is C26H17NO3. The quantitative estimate of drug-likeness (QED) is 0.662. The number of benzene rings is 3. The molecule has 6 rings (SSSR count). The molecule has 1 amide bonds. The highest BCUT2D eigenvalue weighted by Crippen LogP contribution is 2.62. The maximum atomic E-state index is 13.7. The molecule has 0 saturated carbocycles. The van der Waals surface area contributed by atoms with Crippen molar-refractivity contribution in [1.82, 2.24) is 4.90 Å². The first kappa shape index (κ1) is 17.1. The summed E-state index contributed by atoms with van der Waals surface area (Å²) in [5.41, 5.74) is 5.12. The molecule has 4 heteroatoms. The van der Waals surface area contributed by atoms with Gasteiger partial charge < -0.3 is 5.11 Å². The van der Waals surface area contributed by atoms with Crippen LogP contribution in [-0.4, -0.2) is 22.2 Å². The predicted molar refractivity (Wildman–Crippen MR) is 113 cm³/mol. The minimum absolute atomic E-state index is 0.131. The van der Waals surface area contributed by atoms with E-state index in [1.54, 1.807) is 17.0 Å². The number of hydrogen-bond acceptors (Lipinski definition) is 3. The van der Waals surface area contributed by atoms with Crippen LogP contribution >= 0.6 is 0 Å². The van der Waals surface area contributed by atoms with Crippen LogP contribution in [0.3, 0.4) is 0 Å². The summed E-state index contributed by atoms with van der Waals surface area (Å²) >= 11 is 0. The van der Waals surface area contributed by atoms with Crippen LogP contribution < -0.4 is 0 Å². The zero-order chi connectivity index (χ0) is 20.5. The van der Waals surface area contributed by atoms with Gasteiger partial charge in [0.1, 0.15) is 17.9 Å². The molecular weight excluding hydrogens is 374 g/mol. The lowest BCUT2D eigenvalue weighted by molar-refractivity contribution is 0.0337. The number of aliphatic hydroxyl groups is 1. The third kappa shape index (κ3) is 1.89. The van der Waals surface area contributed by atoms with Crippen LogP contribution in [0, 0.1) is 0 Å². The number of carbonyl (C=O) groups is 2. The van der Waals surface area contributed by atoms with Gasteiger partial charge in [-0.2, -0.15) is 0 Å². The van der Waals surface area contributed by atoms with Gasteiger partial charge in [0.25, 0.3) is 5.91 Å². The van der Waals surface area contributed by atoms with Crippen LogP contribution in [0.4, 0.5) is 0 Å². The first-order valence-electron chi connectivity index (χ1n) is 9.87. The summed E-state index contributed by atoms with van der Waals surface area (Å²) in [5.74, 6) is -0.131. The SMILES string of the molecule is O=Cc1ccc([C@]23C(=CC=C4c5ccccc5C(=O)N42)c2ccccc2[C@H]3O)cc1. The van der Waals surface area contributed by atoms with E-state index < -0.39 is 11.6 Å². The summed E-state index contributed by atoms with van der Waals surface area (Å²) in [6.45, 7) is 0. The lowest BCUT2D eigenvalue weighted by Gasteiger charge is -2.45. The van der Waals surface area contributed by atoms with Crippen molar-refractivity contribution in [2.75, 3.05) is 0 Å². The van der Waals surface area contributed by atoms with Crippen LogP contribution in [0.2, 0.25) is 0 Å². The summed E-state index contributed by atoms with van der Waals surface area (Å²) in [5, 5.41) is 11.7. The summed E-state index contributed by atoms with van der Waals surface area (Å²) in [6.07, 6.45) is 3.83. The average Bonchev–Trinajstić information content (AvgIpc) is 3.24. The van der Waals surface area contributed by atoms with Gasteiger partial charge in [-0.05, 0) is 34.4 Å². The van der Waals surface area contributed by atoms with Crippen LogP contribution in [0.15, 0.2) is 84.9 Å². The third-order valence-corrected chi connectivity index (χ3v) is 6.48. The van der Waals surface area contributed by atoms with E-state index in [-0.39, 0.29) is 5.91 Å². The minimum Gasteiger partial charge on any atom is -0.385 e. The van der Waals surface area contributed by atoms with E-state index in [1.807, 2.05) is 72.8 Å². The Kier molecular flexibility index (Phi) is 3.35. The largest absolute Gasteiger partial charge is 0.385 e. The number of allylic oxidation sites excluding steroid dienone is 2. The van der Waals surface area contributed by atoms with Gasteiger partial charge in [-0.25, -0.2) is 0 Å². The highest BCUT2D eigenvalue weighted by molar-refractivity contribution is 6.13. The molecule has 0 bridgehead atoms. The second-order valence-electron chi connectivity index (χ2n) is 7.81. The fraction of sp³-hybridized carbons (Fsp3) is 0.0769. The number of aldehydes is 1. The number of aliphatic hydroxyl groups excluding tert-OH is 1. The minimum atomic E-state index is -1.09. The Morgan fingerprint density at radius 3 is 2.23 bits per heavy atom. The van der Waals surface area contributed by atoms with Gasteiger partial charge in [-0.3, -0.25) is 14.5 Å². The molecule has 3 aromatic carbocycles. The predicted octanol–water partition coefficient (Wildman–Crippen LogP) is 4.34. The molecule has 3 aliphatic rings. The zero-order valence-electron chi connectivity index (χ0n) is 15.9. The van der Waals surface area contributed by atoms with Gasteiger partial charge in [0.2, 0.25) is 0 Å². The summed E-state index contributed by atoms with van der Waals surface area (Å²) < 4.78 is 0. The number of nitrogens with zero attached hydrogens (tertiary/aromatic N) is 1. The molecule has 2 heterocycles. The monoisotopic (exact) mass is 391 g/mol. The van der Waals surface area contributed by atoms with Gasteiger partial charge in [0, 0.05) is 16.7 Å². The maximum Gasteiger partial charge on any atom is 0.260 e. The number of rotatable bonds is 2.